The molecule has 1 fully saturated rings. The molecule has 0 bridgehead atoms. The Kier molecular flexibility index (Phi) is 3.06. The molecule has 0 unspecified atom stereocenters. The average molecular weight is 261 g/mol. The fourth-order valence-electron chi connectivity index (χ4n) is 3.00. The van der Waals surface area contributed by atoms with Crippen molar-refractivity contribution in [1.29, 1.82) is 0 Å². The Morgan fingerprint density at radius 3 is 2.37 bits per heavy atom. The predicted octanol–water partition coefficient (Wildman–Crippen LogP) is 3.62. The number of hydrogen-bond donors (Lipinski definition) is 0. The molecule has 0 aromatic heterocycles. The molecule has 0 atom stereocenters. The van der Waals surface area contributed by atoms with Crippen molar-refractivity contribution < 1.29 is 9.31 Å². The molecule has 104 valence electrons. The van der Waals surface area contributed by atoms with E-state index in [0.717, 1.165) is 12.8 Å². The van der Waals surface area contributed by atoms with Crippen LogP contribution in [0, 0.1) is 0 Å². The summed E-state index contributed by atoms with van der Waals surface area (Å²) in [6.45, 7) is 8.43. The molecular weight excluding hydrogens is 237 g/mol. The second-order valence-corrected chi connectivity index (χ2v) is 6.82. The highest BCUT2D eigenvalue weighted by atomic mass is 16.7. The first-order valence-electron chi connectivity index (χ1n) is 7.42. The molecule has 0 amide bonds. The van der Waals surface area contributed by atoms with Crippen LogP contribution in [0.5, 0.6) is 0 Å². The third-order valence-corrected chi connectivity index (χ3v) is 4.96. The normalized spacial score (nSPS) is 28.8. The van der Waals surface area contributed by atoms with Gasteiger partial charge in [-0.3, -0.25) is 0 Å². The molecule has 0 radical (unpaired) electrons. The number of nitrogens with zero attached hydrogens (tertiary/aromatic N) is 1. The van der Waals surface area contributed by atoms with E-state index in [1.807, 2.05) is 0 Å². The van der Waals surface area contributed by atoms with Gasteiger partial charge in [0.15, 0.2) is 0 Å². The monoisotopic (exact) mass is 261 g/mol. The van der Waals surface area contributed by atoms with Crippen LogP contribution >= 0.6 is 0 Å². The third kappa shape index (κ3) is 2.15. The van der Waals surface area contributed by atoms with Crippen LogP contribution in [0.4, 0.5) is 0 Å². The molecule has 4 heteroatoms. The second kappa shape index (κ2) is 4.39. The Bertz CT molecular complexity index is 423. The molecule has 0 spiro atoms. The summed E-state index contributed by atoms with van der Waals surface area (Å²) in [5.74, 6) is 0. The summed E-state index contributed by atoms with van der Waals surface area (Å²) < 4.78 is 12.3. The van der Waals surface area contributed by atoms with Gasteiger partial charge in [0.25, 0.3) is 0 Å². The number of allylic oxidation sites excluding steroid dienone is 3. The third-order valence-electron chi connectivity index (χ3n) is 4.96. The maximum atomic E-state index is 6.17. The highest BCUT2D eigenvalue weighted by molar-refractivity contribution is 6.43. The number of rotatable bonds is 1. The summed E-state index contributed by atoms with van der Waals surface area (Å²) >= 11 is 0. The molecule has 3 aliphatic rings. The summed E-state index contributed by atoms with van der Waals surface area (Å²) in [4.78, 5) is 2.22. The van der Waals surface area contributed by atoms with Gasteiger partial charge in [0, 0.05) is 5.70 Å². The van der Waals surface area contributed by atoms with E-state index in [-0.39, 0.29) is 18.5 Å². The quantitative estimate of drug-likeness (QED) is 0.673. The van der Waals surface area contributed by atoms with Crippen LogP contribution in [0.1, 0.15) is 59.8 Å². The maximum Gasteiger partial charge on any atom is 0.598 e. The van der Waals surface area contributed by atoms with Gasteiger partial charge in [-0.2, -0.15) is 0 Å². The van der Waals surface area contributed by atoms with E-state index in [1.165, 1.54) is 25.0 Å². The summed E-state index contributed by atoms with van der Waals surface area (Å²) in [5.41, 5.74) is 2.48. The largest absolute Gasteiger partial charge is 0.598 e. The molecule has 0 aromatic rings. The van der Waals surface area contributed by atoms with Crippen molar-refractivity contribution >= 4 is 7.25 Å². The van der Waals surface area contributed by atoms with Crippen molar-refractivity contribution in [1.82, 2.24) is 4.81 Å². The SMILES string of the molecule is CC1(C)OB(N2C=CCC3=C2CCCC3)OC1(C)C. The highest BCUT2D eigenvalue weighted by Gasteiger charge is 2.54. The summed E-state index contributed by atoms with van der Waals surface area (Å²) in [5, 5.41) is 0. The second-order valence-electron chi connectivity index (χ2n) is 6.82. The van der Waals surface area contributed by atoms with Gasteiger partial charge in [-0.1, -0.05) is 6.08 Å². The first-order chi connectivity index (χ1) is 8.91. The van der Waals surface area contributed by atoms with Crippen molar-refractivity contribution in [3.05, 3.63) is 23.5 Å². The van der Waals surface area contributed by atoms with Crippen LogP contribution in [0.2, 0.25) is 0 Å². The molecular formula is C15H24BNO2. The summed E-state index contributed by atoms with van der Waals surface area (Å²) in [7, 11) is -0.273. The molecule has 2 aliphatic heterocycles. The average Bonchev–Trinajstić information content (AvgIpc) is 2.58. The van der Waals surface area contributed by atoms with Crippen LogP contribution in [-0.2, 0) is 9.31 Å². The van der Waals surface area contributed by atoms with Crippen molar-refractivity contribution in [2.45, 2.75) is 71.0 Å². The molecule has 3 nitrogen and oxygen atoms in total. The minimum Gasteiger partial charge on any atom is -0.384 e. The Balaban J connectivity index is 1.85. The van der Waals surface area contributed by atoms with Gasteiger partial charge in [0.05, 0.1) is 11.2 Å². The standard InChI is InChI=1S/C15H24BNO2/c1-14(2)15(3,4)19-16(18-14)17-11-7-9-12-8-5-6-10-13(12)17/h7,11H,5-6,8-10H2,1-4H3. The predicted molar refractivity (Wildman–Crippen MR) is 77.2 cm³/mol. The fourth-order valence-corrected chi connectivity index (χ4v) is 3.00. The molecule has 2 heterocycles. The van der Waals surface area contributed by atoms with Crippen LogP contribution in [0.3, 0.4) is 0 Å². The van der Waals surface area contributed by atoms with Gasteiger partial charge in [0.1, 0.15) is 0 Å². The van der Waals surface area contributed by atoms with E-state index < -0.39 is 0 Å². The van der Waals surface area contributed by atoms with Gasteiger partial charge >= 0.3 is 7.25 Å². The van der Waals surface area contributed by atoms with Crippen LogP contribution in [-0.4, -0.2) is 23.3 Å². The van der Waals surface area contributed by atoms with Crippen LogP contribution < -0.4 is 0 Å². The maximum absolute atomic E-state index is 6.17. The lowest BCUT2D eigenvalue weighted by Gasteiger charge is -2.33. The first kappa shape index (κ1) is 13.3. The van der Waals surface area contributed by atoms with Crippen LogP contribution in [0.25, 0.3) is 0 Å². The zero-order valence-corrected chi connectivity index (χ0v) is 12.5. The lowest BCUT2D eigenvalue weighted by atomic mass is 9.87. The Labute approximate surface area is 116 Å². The molecule has 3 rings (SSSR count). The van der Waals surface area contributed by atoms with Gasteiger partial charge in [-0.15, -0.1) is 0 Å². The summed E-state index contributed by atoms with van der Waals surface area (Å²) in [6.07, 6.45) is 10.5. The van der Waals surface area contributed by atoms with E-state index >= 15 is 0 Å². The lowest BCUT2D eigenvalue weighted by molar-refractivity contribution is 0.00578. The van der Waals surface area contributed by atoms with Crippen molar-refractivity contribution in [3.63, 3.8) is 0 Å². The first-order valence-corrected chi connectivity index (χ1v) is 7.42. The smallest absolute Gasteiger partial charge is 0.384 e. The topological polar surface area (TPSA) is 21.7 Å². The van der Waals surface area contributed by atoms with E-state index in [0.29, 0.717) is 0 Å². The van der Waals surface area contributed by atoms with Crippen molar-refractivity contribution in [2.24, 2.45) is 0 Å². The number of hydrogen-bond acceptors (Lipinski definition) is 3. The van der Waals surface area contributed by atoms with Crippen molar-refractivity contribution in [3.8, 4) is 0 Å². The minimum atomic E-state index is -0.273. The van der Waals surface area contributed by atoms with E-state index in [9.17, 15) is 0 Å². The molecule has 0 saturated carbocycles. The Morgan fingerprint density at radius 2 is 1.68 bits per heavy atom. The Morgan fingerprint density at radius 1 is 1.05 bits per heavy atom. The molecule has 0 aromatic carbocycles. The lowest BCUT2D eigenvalue weighted by Crippen LogP contribution is -2.41. The van der Waals surface area contributed by atoms with Crippen LogP contribution in [0.15, 0.2) is 23.5 Å². The van der Waals surface area contributed by atoms with Gasteiger partial charge < -0.3 is 14.1 Å². The van der Waals surface area contributed by atoms with Gasteiger partial charge in [0.2, 0.25) is 0 Å². The molecule has 0 N–H and O–H groups in total. The zero-order valence-electron chi connectivity index (χ0n) is 12.5. The van der Waals surface area contributed by atoms with Gasteiger partial charge in [-0.25, -0.2) is 0 Å². The fraction of sp³-hybridized carbons (Fsp3) is 0.733. The molecule has 19 heavy (non-hydrogen) atoms. The van der Waals surface area contributed by atoms with Crippen molar-refractivity contribution in [2.75, 3.05) is 0 Å². The highest BCUT2D eigenvalue weighted by Crippen LogP contribution is 2.41. The van der Waals surface area contributed by atoms with E-state index in [1.54, 1.807) is 5.57 Å². The van der Waals surface area contributed by atoms with Gasteiger partial charge in [-0.05, 0) is 71.6 Å². The Hall–Kier alpha value is -0.735. The molecule has 1 aliphatic carbocycles. The minimum absolute atomic E-state index is 0.266. The summed E-state index contributed by atoms with van der Waals surface area (Å²) in [6, 6.07) is 0. The molecule has 1 saturated heterocycles. The van der Waals surface area contributed by atoms with E-state index in [4.69, 9.17) is 9.31 Å². The van der Waals surface area contributed by atoms with E-state index in [2.05, 4.69) is 44.8 Å². The zero-order chi connectivity index (χ0) is 13.7.